The molecule has 0 aromatic heterocycles. The van der Waals surface area contributed by atoms with Gasteiger partial charge in [0.2, 0.25) is 5.91 Å². The summed E-state index contributed by atoms with van der Waals surface area (Å²) in [6.45, 7) is 0.352. The van der Waals surface area contributed by atoms with Crippen LogP contribution in [0.25, 0.3) is 0 Å². The highest BCUT2D eigenvalue weighted by molar-refractivity contribution is 5.95. The van der Waals surface area contributed by atoms with E-state index in [1.807, 2.05) is 18.2 Å². The highest BCUT2D eigenvalue weighted by atomic mass is 19.1. The zero-order chi connectivity index (χ0) is 17.8. The molecule has 1 fully saturated rings. The predicted octanol–water partition coefficient (Wildman–Crippen LogP) is 3.42. The summed E-state index contributed by atoms with van der Waals surface area (Å²) < 4.78 is 17.8. The first-order chi connectivity index (χ1) is 12.1. The maximum atomic E-state index is 13.3. The summed E-state index contributed by atoms with van der Waals surface area (Å²) in [6, 6.07) is 13.6. The van der Waals surface area contributed by atoms with Gasteiger partial charge in [-0.3, -0.25) is 4.79 Å². The minimum atomic E-state index is -0.491. The maximum Gasteiger partial charge on any atom is 0.407 e. The summed E-state index contributed by atoms with van der Waals surface area (Å²) in [7, 11) is 1.31. The highest BCUT2D eigenvalue weighted by Gasteiger charge is 2.44. The first kappa shape index (κ1) is 17.0. The molecular weight excluding hydrogens is 323 g/mol. The molecule has 5 nitrogen and oxygen atoms in total. The normalized spacial score (nSPS) is 18.3. The second kappa shape index (κ2) is 7.34. The molecule has 0 radical (unpaired) electrons. The summed E-state index contributed by atoms with van der Waals surface area (Å²) in [4.78, 5) is 23.3. The average molecular weight is 342 g/mol. The highest BCUT2D eigenvalue weighted by Crippen LogP contribution is 2.48. The van der Waals surface area contributed by atoms with Crippen molar-refractivity contribution in [2.24, 2.45) is 5.92 Å². The molecule has 2 aromatic carbocycles. The lowest BCUT2D eigenvalue weighted by Crippen LogP contribution is -2.22. The van der Waals surface area contributed by atoms with Gasteiger partial charge in [-0.1, -0.05) is 24.3 Å². The minimum absolute atomic E-state index is 0.0605. The summed E-state index contributed by atoms with van der Waals surface area (Å²) in [5.41, 5.74) is 2.45. The van der Waals surface area contributed by atoms with Crippen LogP contribution in [0.15, 0.2) is 48.5 Å². The van der Waals surface area contributed by atoms with Gasteiger partial charge >= 0.3 is 6.09 Å². The van der Waals surface area contributed by atoms with E-state index in [1.165, 1.54) is 19.2 Å². The Labute approximate surface area is 145 Å². The fourth-order valence-corrected chi connectivity index (χ4v) is 2.78. The van der Waals surface area contributed by atoms with E-state index < -0.39 is 6.09 Å². The third-order valence-electron chi connectivity index (χ3n) is 4.25. The lowest BCUT2D eigenvalue weighted by Gasteiger charge is -2.07. The molecule has 2 amide bonds. The minimum Gasteiger partial charge on any atom is -0.453 e. The van der Waals surface area contributed by atoms with Crippen molar-refractivity contribution in [1.29, 1.82) is 0 Å². The first-order valence-corrected chi connectivity index (χ1v) is 8.04. The summed E-state index contributed by atoms with van der Waals surface area (Å²) >= 11 is 0. The number of hydrogen-bond acceptors (Lipinski definition) is 3. The van der Waals surface area contributed by atoms with E-state index >= 15 is 0 Å². The zero-order valence-corrected chi connectivity index (χ0v) is 13.8. The molecule has 0 saturated heterocycles. The maximum absolute atomic E-state index is 13.3. The molecule has 1 aliphatic rings. The second-order valence-electron chi connectivity index (χ2n) is 6.04. The number of carbonyl (C=O) groups excluding carboxylic acids is 2. The van der Waals surface area contributed by atoms with Gasteiger partial charge < -0.3 is 15.4 Å². The van der Waals surface area contributed by atoms with Crippen LogP contribution in [0, 0.1) is 11.7 Å². The number of halogens is 1. The van der Waals surface area contributed by atoms with Gasteiger partial charge in [0, 0.05) is 18.2 Å². The molecular formula is C19H19FN2O3. The van der Waals surface area contributed by atoms with Crippen LogP contribution >= 0.6 is 0 Å². The van der Waals surface area contributed by atoms with Crippen molar-refractivity contribution < 1.29 is 18.7 Å². The first-order valence-electron chi connectivity index (χ1n) is 8.04. The standard InChI is InChI=1S/C19H19FN2O3/c1-25-19(24)21-11-12-5-7-15(8-6-12)22-18(23)17-10-16(17)13-3-2-4-14(20)9-13/h2-9,16-17H,10-11H2,1H3,(H,21,24)(H,22,23)/t16-,17+/m1/s1. The van der Waals surface area contributed by atoms with Crippen LogP contribution in [-0.4, -0.2) is 19.1 Å². The number of benzene rings is 2. The Kier molecular flexibility index (Phi) is 4.97. The Morgan fingerprint density at radius 1 is 1.20 bits per heavy atom. The summed E-state index contributed by atoms with van der Waals surface area (Å²) in [5, 5.41) is 5.46. The quantitative estimate of drug-likeness (QED) is 0.875. The molecule has 25 heavy (non-hydrogen) atoms. The third kappa shape index (κ3) is 4.35. The number of carbonyl (C=O) groups is 2. The van der Waals surface area contributed by atoms with Gasteiger partial charge in [-0.15, -0.1) is 0 Å². The average Bonchev–Trinajstić information content (AvgIpc) is 3.42. The molecule has 2 aromatic rings. The lowest BCUT2D eigenvalue weighted by atomic mass is 10.1. The van der Waals surface area contributed by atoms with Gasteiger partial charge in [0.05, 0.1) is 7.11 Å². The van der Waals surface area contributed by atoms with Gasteiger partial charge in [0.1, 0.15) is 5.82 Å². The van der Waals surface area contributed by atoms with Crippen LogP contribution in [0.3, 0.4) is 0 Å². The fraction of sp³-hybridized carbons (Fsp3) is 0.263. The fourth-order valence-electron chi connectivity index (χ4n) is 2.78. The summed E-state index contributed by atoms with van der Waals surface area (Å²) in [5.74, 6) is -0.379. The van der Waals surface area contributed by atoms with E-state index in [1.54, 1.807) is 18.2 Å². The number of alkyl carbamates (subject to hydrolysis) is 1. The molecule has 0 heterocycles. The van der Waals surface area contributed by atoms with Gasteiger partial charge in [0.15, 0.2) is 0 Å². The third-order valence-corrected chi connectivity index (χ3v) is 4.25. The van der Waals surface area contributed by atoms with E-state index in [0.717, 1.165) is 17.5 Å². The molecule has 0 bridgehead atoms. The lowest BCUT2D eigenvalue weighted by molar-refractivity contribution is -0.117. The van der Waals surface area contributed by atoms with Gasteiger partial charge in [0.25, 0.3) is 0 Å². The van der Waals surface area contributed by atoms with Crippen LogP contribution in [-0.2, 0) is 16.1 Å². The van der Waals surface area contributed by atoms with Crippen molar-refractivity contribution in [3.8, 4) is 0 Å². The van der Waals surface area contributed by atoms with Crippen molar-refractivity contribution in [1.82, 2.24) is 5.32 Å². The van der Waals surface area contributed by atoms with Gasteiger partial charge in [-0.25, -0.2) is 9.18 Å². The molecule has 0 unspecified atom stereocenters. The van der Waals surface area contributed by atoms with E-state index in [-0.39, 0.29) is 23.6 Å². The number of hydrogen-bond donors (Lipinski definition) is 2. The molecule has 130 valence electrons. The van der Waals surface area contributed by atoms with E-state index in [2.05, 4.69) is 15.4 Å². The van der Waals surface area contributed by atoms with Crippen molar-refractivity contribution in [3.63, 3.8) is 0 Å². The van der Waals surface area contributed by atoms with E-state index in [4.69, 9.17) is 0 Å². The molecule has 1 saturated carbocycles. The smallest absolute Gasteiger partial charge is 0.407 e. The monoisotopic (exact) mass is 342 g/mol. The largest absolute Gasteiger partial charge is 0.453 e. The Morgan fingerprint density at radius 3 is 2.64 bits per heavy atom. The molecule has 6 heteroatoms. The van der Waals surface area contributed by atoms with Crippen LogP contribution < -0.4 is 10.6 Å². The molecule has 0 aliphatic heterocycles. The number of rotatable bonds is 5. The Hall–Kier alpha value is -2.89. The number of methoxy groups -OCH3 is 1. The SMILES string of the molecule is COC(=O)NCc1ccc(NC(=O)[C@H]2C[C@@H]2c2cccc(F)c2)cc1. The number of amides is 2. The molecule has 2 N–H and O–H groups in total. The number of nitrogens with one attached hydrogen (secondary N) is 2. The predicted molar refractivity (Wildman–Crippen MR) is 91.6 cm³/mol. The number of anilines is 1. The molecule has 3 rings (SSSR count). The van der Waals surface area contributed by atoms with Gasteiger partial charge in [-0.2, -0.15) is 0 Å². The van der Waals surface area contributed by atoms with Crippen LogP contribution in [0.5, 0.6) is 0 Å². The molecule has 0 spiro atoms. The Balaban J connectivity index is 1.53. The van der Waals surface area contributed by atoms with Crippen LogP contribution in [0.1, 0.15) is 23.5 Å². The van der Waals surface area contributed by atoms with Crippen LogP contribution in [0.2, 0.25) is 0 Å². The van der Waals surface area contributed by atoms with Crippen molar-refractivity contribution in [2.75, 3.05) is 12.4 Å². The molecule has 1 aliphatic carbocycles. The van der Waals surface area contributed by atoms with Crippen molar-refractivity contribution >= 4 is 17.7 Å². The van der Waals surface area contributed by atoms with Crippen molar-refractivity contribution in [2.45, 2.75) is 18.9 Å². The van der Waals surface area contributed by atoms with Gasteiger partial charge in [-0.05, 0) is 47.7 Å². The topological polar surface area (TPSA) is 67.4 Å². The van der Waals surface area contributed by atoms with Crippen molar-refractivity contribution in [3.05, 3.63) is 65.5 Å². The van der Waals surface area contributed by atoms with E-state index in [0.29, 0.717) is 12.2 Å². The van der Waals surface area contributed by atoms with Crippen LogP contribution in [0.4, 0.5) is 14.9 Å². The molecule has 2 atom stereocenters. The second-order valence-corrected chi connectivity index (χ2v) is 6.04. The Bertz CT molecular complexity index is 776. The summed E-state index contributed by atoms with van der Waals surface area (Å²) in [6.07, 6.45) is 0.241. The number of ether oxygens (including phenoxy) is 1. The zero-order valence-electron chi connectivity index (χ0n) is 13.8. The Morgan fingerprint density at radius 2 is 1.96 bits per heavy atom. The van der Waals surface area contributed by atoms with E-state index in [9.17, 15) is 14.0 Å².